The summed E-state index contributed by atoms with van der Waals surface area (Å²) >= 11 is 0.551. The van der Waals surface area contributed by atoms with Crippen molar-refractivity contribution in [1.82, 2.24) is 0 Å². The average Bonchev–Trinajstić information content (AvgIpc) is 2.02. The second-order valence-electron chi connectivity index (χ2n) is 2.68. The molecule has 74 valence electrons. The van der Waals surface area contributed by atoms with E-state index in [-0.39, 0.29) is 36.3 Å². The molecule has 0 aliphatic heterocycles. The molecular weight excluding hydrogens is 286 g/mol. The van der Waals surface area contributed by atoms with E-state index in [4.69, 9.17) is 0 Å². The topological polar surface area (TPSA) is 40.5 Å². The van der Waals surface area contributed by atoms with E-state index >= 15 is 0 Å². The predicted octanol–water partition coefficient (Wildman–Crippen LogP) is 0.547. The Balaban J connectivity index is 3.27. The molecule has 2 nitrogen and oxygen atoms in total. The summed E-state index contributed by atoms with van der Waals surface area (Å²) in [5.41, 5.74) is 0. The third-order valence-electron chi connectivity index (χ3n) is 1.35. The minimum atomic E-state index is -0.117. The summed E-state index contributed by atoms with van der Waals surface area (Å²) in [7, 11) is 0. The summed E-state index contributed by atoms with van der Waals surface area (Å²) in [5, 5.41) is 18.6. The molecule has 0 heterocycles. The van der Waals surface area contributed by atoms with Crippen molar-refractivity contribution in [3.8, 4) is 0 Å². The van der Waals surface area contributed by atoms with Crippen molar-refractivity contribution >= 4 is 26.3 Å². The van der Waals surface area contributed by atoms with Crippen molar-refractivity contribution in [2.75, 3.05) is 0 Å². The molecule has 12 heavy (non-hydrogen) atoms. The molecule has 2 unspecified atom stereocenters. The van der Waals surface area contributed by atoms with E-state index in [9.17, 15) is 10.2 Å². The van der Waals surface area contributed by atoms with Crippen molar-refractivity contribution in [2.24, 2.45) is 0 Å². The van der Waals surface area contributed by atoms with Gasteiger partial charge in [-0.3, -0.25) is 0 Å². The van der Waals surface area contributed by atoms with Crippen molar-refractivity contribution in [1.29, 1.82) is 0 Å². The van der Waals surface area contributed by atoms with Crippen molar-refractivity contribution < 1.29 is 10.2 Å². The first-order valence-electron chi connectivity index (χ1n) is 4.39. The number of hydrogen-bond acceptors (Lipinski definition) is 2. The van der Waals surface area contributed by atoms with Gasteiger partial charge in [-0.25, -0.2) is 0 Å². The first kappa shape index (κ1) is 13.0. The van der Waals surface area contributed by atoms with Crippen LogP contribution < -0.4 is 0 Å². The molecule has 0 aromatic heterocycles. The van der Waals surface area contributed by atoms with Crippen LogP contribution in [0.15, 0.2) is 0 Å². The van der Waals surface area contributed by atoms with Gasteiger partial charge in [-0.15, -0.1) is 0 Å². The molecule has 0 radical (unpaired) electrons. The fourth-order valence-corrected chi connectivity index (χ4v) is 7.54. The molecule has 0 spiro atoms. The molecular formula is C8H18O2Se2. The zero-order valence-electron chi connectivity index (χ0n) is 7.69. The quantitative estimate of drug-likeness (QED) is 0.674. The SMILES string of the molecule is CCCC(O)[Se][Se]C(O)CCC. The normalized spacial score (nSPS) is 16.0. The van der Waals surface area contributed by atoms with Crippen molar-refractivity contribution in [2.45, 2.75) is 49.5 Å². The maximum atomic E-state index is 9.40. The average molecular weight is 304 g/mol. The molecule has 2 atom stereocenters. The summed E-state index contributed by atoms with van der Waals surface area (Å²) in [6, 6.07) is 0. The van der Waals surface area contributed by atoms with E-state index < -0.39 is 0 Å². The summed E-state index contributed by atoms with van der Waals surface area (Å²) < 4.78 is 0. The Kier molecular flexibility index (Phi) is 9.24. The third-order valence-corrected chi connectivity index (χ3v) is 9.56. The van der Waals surface area contributed by atoms with Gasteiger partial charge >= 0.3 is 86.0 Å². The zero-order chi connectivity index (χ0) is 9.40. The Morgan fingerprint density at radius 2 is 1.25 bits per heavy atom. The molecule has 0 aliphatic carbocycles. The van der Waals surface area contributed by atoms with Gasteiger partial charge < -0.3 is 0 Å². The maximum absolute atomic E-state index is 9.40. The van der Waals surface area contributed by atoms with E-state index in [0.717, 1.165) is 25.7 Å². The van der Waals surface area contributed by atoms with Gasteiger partial charge in [0.1, 0.15) is 0 Å². The molecule has 0 fully saturated rings. The molecule has 0 aromatic carbocycles. The molecule has 4 heteroatoms. The number of aliphatic hydroxyl groups is 2. The van der Waals surface area contributed by atoms with Crippen LogP contribution in [0.25, 0.3) is 0 Å². The zero-order valence-corrected chi connectivity index (χ0v) is 11.1. The first-order valence-corrected chi connectivity index (χ1v) is 10.7. The summed E-state index contributed by atoms with van der Waals surface area (Å²) in [5.74, 6) is 0. The van der Waals surface area contributed by atoms with E-state index in [0.29, 0.717) is 0 Å². The van der Waals surface area contributed by atoms with Crippen LogP contribution in [0.4, 0.5) is 0 Å². The predicted molar refractivity (Wildman–Crippen MR) is 53.3 cm³/mol. The van der Waals surface area contributed by atoms with Crippen LogP contribution in [-0.2, 0) is 0 Å². The molecule has 0 saturated carbocycles. The van der Waals surface area contributed by atoms with Gasteiger partial charge in [0, 0.05) is 0 Å². The Bertz CT molecular complexity index is 89.1. The Morgan fingerprint density at radius 3 is 1.50 bits per heavy atom. The number of aliphatic hydroxyl groups excluding tert-OH is 2. The van der Waals surface area contributed by atoms with Gasteiger partial charge in [-0.05, 0) is 0 Å². The summed E-state index contributed by atoms with van der Waals surface area (Å²) in [4.78, 5) is 0. The van der Waals surface area contributed by atoms with E-state index in [1.165, 1.54) is 0 Å². The van der Waals surface area contributed by atoms with Crippen molar-refractivity contribution in [3.63, 3.8) is 0 Å². The van der Waals surface area contributed by atoms with Crippen LogP contribution in [0.3, 0.4) is 0 Å². The molecule has 0 amide bonds. The molecule has 0 aromatic rings. The molecule has 0 saturated heterocycles. The van der Waals surface area contributed by atoms with Gasteiger partial charge in [0.05, 0.1) is 0 Å². The Hall–Kier alpha value is 0.959. The van der Waals surface area contributed by atoms with Crippen LogP contribution in [0.2, 0.25) is 0 Å². The van der Waals surface area contributed by atoms with E-state index in [2.05, 4.69) is 13.8 Å². The fraction of sp³-hybridized carbons (Fsp3) is 1.00. The Labute approximate surface area is 86.0 Å². The second kappa shape index (κ2) is 8.55. The minimum absolute atomic E-state index is 0.117. The molecule has 0 rings (SSSR count). The van der Waals surface area contributed by atoms with Crippen LogP contribution in [0.5, 0.6) is 0 Å². The fourth-order valence-electron chi connectivity index (χ4n) is 0.718. The molecule has 2 N–H and O–H groups in total. The first-order chi connectivity index (χ1) is 5.70. The monoisotopic (exact) mass is 306 g/mol. The summed E-state index contributed by atoms with van der Waals surface area (Å²) in [6.45, 7) is 4.16. The van der Waals surface area contributed by atoms with Gasteiger partial charge in [0.15, 0.2) is 0 Å². The third kappa shape index (κ3) is 7.60. The number of hydrogen-bond donors (Lipinski definition) is 2. The number of rotatable bonds is 7. The van der Waals surface area contributed by atoms with Crippen LogP contribution >= 0.6 is 0 Å². The molecule has 0 aliphatic rings. The second-order valence-corrected chi connectivity index (χ2v) is 9.97. The van der Waals surface area contributed by atoms with Crippen LogP contribution in [0.1, 0.15) is 39.5 Å². The Morgan fingerprint density at radius 1 is 0.917 bits per heavy atom. The van der Waals surface area contributed by atoms with E-state index in [1.807, 2.05) is 0 Å². The standard InChI is InChI=1S/C8H18O2Se2/c1-3-5-7(9)11-12-8(10)6-4-2/h7-10H,3-6H2,1-2H3. The van der Waals surface area contributed by atoms with Crippen molar-refractivity contribution in [3.05, 3.63) is 0 Å². The van der Waals surface area contributed by atoms with Gasteiger partial charge in [0.25, 0.3) is 0 Å². The molecule has 0 bridgehead atoms. The van der Waals surface area contributed by atoms with Gasteiger partial charge in [0.2, 0.25) is 0 Å². The van der Waals surface area contributed by atoms with Gasteiger partial charge in [-0.2, -0.15) is 0 Å². The van der Waals surface area contributed by atoms with Gasteiger partial charge in [-0.1, -0.05) is 0 Å². The van der Waals surface area contributed by atoms with E-state index in [1.54, 1.807) is 0 Å². The van der Waals surface area contributed by atoms with Crippen LogP contribution in [-0.4, -0.2) is 46.5 Å². The van der Waals surface area contributed by atoms with Crippen LogP contribution in [0, 0.1) is 0 Å². The summed E-state index contributed by atoms with van der Waals surface area (Å²) in [6.07, 6.45) is 3.90.